The van der Waals surface area contributed by atoms with Crippen LogP contribution in [0.5, 0.6) is 0 Å². The van der Waals surface area contributed by atoms with Crippen LogP contribution in [0.15, 0.2) is 22.7 Å². The van der Waals surface area contributed by atoms with Crippen LogP contribution in [0, 0.1) is 25.5 Å². The first-order valence-corrected chi connectivity index (χ1v) is 7.65. The average molecular weight is 352 g/mol. The Morgan fingerprint density at radius 2 is 2.00 bits per heavy atom. The van der Waals surface area contributed by atoms with E-state index in [0.29, 0.717) is 17.9 Å². The van der Waals surface area contributed by atoms with Gasteiger partial charge >= 0.3 is 5.97 Å². The van der Waals surface area contributed by atoms with Crippen molar-refractivity contribution >= 4 is 17.6 Å². The molecule has 0 aliphatic carbocycles. The molecule has 0 bridgehead atoms. The molecule has 1 amide bonds. The molecule has 0 radical (unpaired) electrons. The molecular formula is C17H18F2N2O4. The molecule has 25 heavy (non-hydrogen) atoms. The number of amides is 1. The van der Waals surface area contributed by atoms with Crippen LogP contribution >= 0.6 is 0 Å². The molecule has 0 unspecified atom stereocenters. The van der Waals surface area contributed by atoms with Crippen molar-refractivity contribution in [1.82, 2.24) is 5.16 Å². The number of ether oxygens (including phenoxy) is 1. The zero-order chi connectivity index (χ0) is 18.6. The van der Waals surface area contributed by atoms with Crippen molar-refractivity contribution in [3.63, 3.8) is 0 Å². The number of anilines is 1. The Morgan fingerprint density at radius 1 is 1.28 bits per heavy atom. The number of aryl methyl sites for hydroxylation is 2. The number of carbonyl (C=O) groups is 2. The average Bonchev–Trinajstić information content (AvgIpc) is 2.87. The van der Waals surface area contributed by atoms with E-state index in [1.807, 2.05) is 0 Å². The van der Waals surface area contributed by atoms with Gasteiger partial charge in [0.2, 0.25) is 0 Å². The summed E-state index contributed by atoms with van der Waals surface area (Å²) in [5, 5.41) is 6.15. The molecular weight excluding hydrogens is 334 g/mol. The summed E-state index contributed by atoms with van der Waals surface area (Å²) in [5.41, 5.74) is 1.60. The molecule has 2 aromatic rings. The van der Waals surface area contributed by atoms with Crippen LogP contribution in [-0.2, 0) is 20.7 Å². The predicted molar refractivity (Wildman–Crippen MR) is 84.8 cm³/mol. The van der Waals surface area contributed by atoms with Gasteiger partial charge in [-0.3, -0.25) is 9.59 Å². The maximum absolute atomic E-state index is 13.1. The van der Waals surface area contributed by atoms with Crippen LogP contribution in [0.2, 0.25) is 0 Å². The Balaban J connectivity index is 1.85. The van der Waals surface area contributed by atoms with Gasteiger partial charge in [0.05, 0.1) is 5.69 Å². The number of rotatable bonds is 6. The third-order valence-electron chi connectivity index (χ3n) is 3.62. The van der Waals surface area contributed by atoms with Gasteiger partial charge in [0.1, 0.15) is 5.76 Å². The number of nitrogens with one attached hydrogen (secondary N) is 1. The summed E-state index contributed by atoms with van der Waals surface area (Å²) in [7, 11) is 0. The van der Waals surface area contributed by atoms with Crippen molar-refractivity contribution in [3.8, 4) is 0 Å². The summed E-state index contributed by atoms with van der Waals surface area (Å²) in [6.07, 6.45) is -0.631. The van der Waals surface area contributed by atoms with E-state index in [1.54, 1.807) is 13.8 Å². The Labute approximate surface area is 143 Å². The van der Waals surface area contributed by atoms with Gasteiger partial charge in [0.15, 0.2) is 17.7 Å². The summed E-state index contributed by atoms with van der Waals surface area (Å²) in [5.74, 6) is -2.67. The van der Waals surface area contributed by atoms with Crippen molar-refractivity contribution in [2.24, 2.45) is 0 Å². The zero-order valence-electron chi connectivity index (χ0n) is 14.1. The summed E-state index contributed by atoms with van der Waals surface area (Å²) in [4.78, 5) is 23.8. The second-order valence-corrected chi connectivity index (χ2v) is 5.55. The van der Waals surface area contributed by atoms with Crippen molar-refractivity contribution in [2.75, 3.05) is 5.32 Å². The molecule has 1 N–H and O–H groups in total. The van der Waals surface area contributed by atoms with Crippen molar-refractivity contribution in [2.45, 2.75) is 39.7 Å². The number of halogens is 2. The largest absolute Gasteiger partial charge is 0.453 e. The molecule has 1 aromatic heterocycles. The van der Waals surface area contributed by atoms with Gasteiger partial charge in [-0.05, 0) is 39.3 Å². The normalized spacial score (nSPS) is 11.9. The lowest BCUT2D eigenvalue weighted by molar-refractivity contribution is -0.153. The molecule has 134 valence electrons. The fourth-order valence-electron chi connectivity index (χ4n) is 2.21. The minimum Gasteiger partial charge on any atom is -0.453 e. The molecule has 0 aliphatic heterocycles. The molecule has 1 heterocycles. The summed E-state index contributed by atoms with van der Waals surface area (Å²) in [6.45, 7) is 4.91. The van der Waals surface area contributed by atoms with E-state index in [-0.39, 0.29) is 12.1 Å². The first-order valence-electron chi connectivity index (χ1n) is 7.65. The summed E-state index contributed by atoms with van der Waals surface area (Å²) < 4.78 is 36.0. The monoisotopic (exact) mass is 352 g/mol. The fraction of sp³-hybridized carbons (Fsp3) is 0.353. The Kier molecular flexibility index (Phi) is 5.84. The molecule has 0 aliphatic rings. The highest BCUT2D eigenvalue weighted by molar-refractivity contribution is 5.95. The maximum atomic E-state index is 13.1. The van der Waals surface area contributed by atoms with Gasteiger partial charge in [-0.2, -0.15) is 0 Å². The van der Waals surface area contributed by atoms with Crippen LogP contribution in [-0.4, -0.2) is 23.1 Å². The number of nitrogens with zero attached hydrogens (tertiary/aromatic N) is 1. The van der Waals surface area contributed by atoms with E-state index in [9.17, 15) is 18.4 Å². The molecule has 0 saturated heterocycles. The second kappa shape index (κ2) is 7.87. The van der Waals surface area contributed by atoms with Crippen LogP contribution in [0.3, 0.4) is 0 Å². The van der Waals surface area contributed by atoms with E-state index in [2.05, 4.69) is 10.5 Å². The topological polar surface area (TPSA) is 81.4 Å². The number of aromatic nitrogens is 1. The van der Waals surface area contributed by atoms with Gasteiger partial charge < -0.3 is 14.6 Å². The number of benzene rings is 1. The fourth-order valence-corrected chi connectivity index (χ4v) is 2.21. The molecule has 8 heteroatoms. The first kappa shape index (κ1) is 18.6. The van der Waals surface area contributed by atoms with Crippen molar-refractivity contribution < 1.29 is 27.6 Å². The van der Waals surface area contributed by atoms with Crippen LogP contribution < -0.4 is 5.32 Å². The number of carbonyl (C=O) groups excluding carboxylic acids is 2. The van der Waals surface area contributed by atoms with Gasteiger partial charge in [0, 0.05) is 23.7 Å². The molecule has 0 saturated carbocycles. The Morgan fingerprint density at radius 3 is 2.60 bits per heavy atom. The van der Waals surface area contributed by atoms with Crippen LogP contribution in [0.4, 0.5) is 14.5 Å². The highest BCUT2D eigenvalue weighted by Gasteiger charge is 2.19. The third-order valence-corrected chi connectivity index (χ3v) is 3.62. The molecule has 6 nitrogen and oxygen atoms in total. The van der Waals surface area contributed by atoms with Crippen LogP contribution in [0.25, 0.3) is 0 Å². The lowest BCUT2D eigenvalue weighted by atomic mass is 10.1. The zero-order valence-corrected chi connectivity index (χ0v) is 14.1. The van der Waals surface area contributed by atoms with Crippen molar-refractivity contribution in [1.29, 1.82) is 0 Å². The van der Waals surface area contributed by atoms with E-state index < -0.39 is 29.6 Å². The van der Waals surface area contributed by atoms with E-state index >= 15 is 0 Å². The van der Waals surface area contributed by atoms with Crippen LogP contribution in [0.1, 0.15) is 30.4 Å². The SMILES string of the molecule is Cc1noc(C)c1CCC(=O)O[C@H](C)C(=O)Nc1ccc(F)c(F)c1. The lowest BCUT2D eigenvalue weighted by Crippen LogP contribution is -2.30. The van der Waals surface area contributed by atoms with E-state index in [0.717, 1.165) is 17.7 Å². The lowest BCUT2D eigenvalue weighted by Gasteiger charge is -2.13. The molecule has 0 spiro atoms. The van der Waals surface area contributed by atoms with Gasteiger partial charge in [-0.25, -0.2) is 8.78 Å². The molecule has 2 rings (SSSR count). The quantitative estimate of drug-likeness (QED) is 0.808. The minimum absolute atomic E-state index is 0.0612. The maximum Gasteiger partial charge on any atom is 0.306 e. The van der Waals surface area contributed by atoms with Gasteiger partial charge in [0.25, 0.3) is 5.91 Å². The predicted octanol–water partition coefficient (Wildman–Crippen LogP) is 3.07. The molecule has 1 atom stereocenters. The highest BCUT2D eigenvalue weighted by Crippen LogP contribution is 2.16. The third kappa shape index (κ3) is 4.85. The minimum atomic E-state index is -1.08. The second-order valence-electron chi connectivity index (χ2n) is 5.55. The van der Waals surface area contributed by atoms with Crippen molar-refractivity contribution in [3.05, 3.63) is 46.9 Å². The Hall–Kier alpha value is -2.77. The van der Waals surface area contributed by atoms with E-state index in [4.69, 9.17) is 9.26 Å². The van der Waals surface area contributed by atoms with E-state index in [1.165, 1.54) is 13.0 Å². The molecule has 0 fully saturated rings. The van der Waals surface area contributed by atoms with Gasteiger partial charge in [-0.15, -0.1) is 0 Å². The summed E-state index contributed by atoms with van der Waals surface area (Å²) >= 11 is 0. The highest BCUT2D eigenvalue weighted by atomic mass is 19.2. The smallest absolute Gasteiger partial charge is 0.306 e. The molecule has 1 aromatic carbocycles. The van der Waals surface area contributed by atoms with Gasteiger partial charge in [-0.1, -0.05) is 5.16 Å². The number of hydrogen-bond donors (Lipinski definition) is 1. The Bertz CT molecular complexity index is 769. The number of esters is 1. The first-order chi connectivity index (χ1) is 11.8. The number of hydrogen-bond acceptors (Lipinski definition) is 5. The standard InChI is InChI=1S/C17H18F2N2O4/c1-9-13(10(2)25-21-9)5-7-16(22)24-11(3)17(23)20-12-4-6-14(18)15(19)8-12/h4,6,8,11H,5,7H2,1-3H3,(H,20,23)/t11-/m1/s1. The summed E-state index contributed by atoms with van der Waals surface area (Å²) in [6, 6.07) is 2.95.